The number of carbonyl (C=O) groups is 2. The normalized spacial score (nSPS) is 10.5. The molecule has 0 bridgehead atoms. The molecule has 8 nitrogen and oxygen atoms in total. The number of hydrazine groups is 1. The molecule has 0 atom stereocenters. The summed E-state index contributed by atoms with van der Waals surface area (Å²) in [6.07, 6.45) is 0. The van der Waals surface area contributed by atoms with Crippen LogP contribution in [0.15, 0.2) is 46.9 Å². The van der Waals surface area contributed by atoms with Crippen molar-refractivity contribution in [3.8, 4) is 11.4 Å². The smallest absolute Gasteiger partial charge is 0.279 e. The molecule has 0 fully saturated rings. The predicted molar refractivity (Wildman–Crippen MR) is 101 cm³/mol. The van der Waals surface area contributed by atoms with E-state index in [9.17, 15) is 9.59 Å². The minimum atomic E-state index is -0.375. The lowest BCUT2D eigenvalue weighted by Gasteiger charge is -2.06. The first-order valence-corrected chi connectivity index (χ1v) is 9.44. The molecule has 10 heteroatoms. The number of amides is 2. The van der Waals surface area contributed by atoms with E-state index in [0.717, 1.165) is 22.9 Å². The van der Waals surface area contributed by atoms with Crippen molar-refractivity contribution in [3.05, 3.63) is 52.2 Å². The second-order valence-corrected chi connectivity index (χ2v) is 7.20. The summed E-state index contributed by atoms with van der Waals surface area (Å²) in [5, 5.41) is 10.3. The summed E-state index contributed by atoms with van der Waals surface area (Å²) < 4.78 is 1.34. The van der Waals surface area contributed by atoms with Crippen molar-refractivity contribution in [1.82, 2.24) is 25.7 Å². The molecule has 4 N–H and O–H groups in total. The van der Waals surface area contributed by atoms with Crippen LogP contribution in [0.1, 0.15) is 15.2 Å². The highest BCUT2D eigenvalue weighted by Gasteiger charge is 2.14. The molecule has 26 heavy (non-hydrogen) atoms. The van der Waals surface area contributed by atoms with Gasteiger partial charge in [-0.3, -0.25) is 20.4 Å². The summed E-state index contributed by atoms with van der Waals surface area (Å²) in [6, 6.07) is 11.2. The largest absolute Gasteiger partial charge is 0.335 e. The Hall–Kier alpha value is -2.85. The van der Waals surface area contributed by atoms with Crippen LogP contribution < -0.4 is 16.7 Å². The van der Waals surface area contributed by atoms with Gasteiger partial charge in [0.2, 0.25) is 11.1 Å². The van der Waals surface area contributed by atoms with Crippen molar-refractivity contribution in [1.29, 1.82) is 0 Å². The lowest BCUT2D eigenvalue weighted by molar-refractivity contribution is -0.119. The molecule has 0 aliphatic carbocycles. The van der Waals surface area contributed by atoms with Gasteiger partial charge in [0, 0.05) is 5.56 Å². The van der Waals surface area contributed by atoms with Crippen LogP contribution in [0.3, 0.4) is 0 Å². The number of aromatic nitrogens is 3. The Bertz CT molecular complexity index is 905. The Labute approximate surface area is 157 Å². The van der Waals surface area contributed by atoms with Crippen molar-refractivity contribution < 1.29 is 9.59 Å². The van der Waals surface area contributed by atoms with Gasteiger partial charge in [-0.25, -0.2) is 4.68 Å². The maximum Gasteiger partial charge on any atom is 0.279 e. The van der Waals surface area contributed by atoms with Gasteiger partial charge >= 0.3 is 0 Å². The Morgan fingerprint density at radius 3 is 2.65 bits per heavy atom. The van der Waals surface area contributed by atoms with Gasteiger partial charge in [-0.15, -0.1) is 21.5 Å². The number of rotatable bonds is 5. The minimum Gasteiger partial charge on any atom is -0.335 e. The van der Waals surface area contributed by atoms with Gasteiger partial charge in [0.25, 0.3) is 5.91 Å². The molecular weight excluding hydrogens is 372 g/mol. The van der Waals surface area contributed by atoms with E-state index in [-0.39, 0.29) is 17.6 Å². The zero-order chi connectivity index (χ0) is 18.5. The summed E-state index contributed by atoms with van der Waals surface area (Å²) in [7, 11) is 0. The zero-order valence-corrected chi connectivity index (χ0v) is 15.4. The zero-order valence-electron chi connectivity index (χ0n) is 13.8. The van der Waals surface area contributed by atoms with Crippen molar-refractivity contribution >= 4 is 34.9 Å². The molecule has 0 aliphatic rings. The molecule has 3 rings (SSSR count). The second-order valence-electron chi connectivity index (χ2n) is 5.31. The molecule has 0 radical (unpaired) electrons. The monoisotopic (exact) mass is 388 g/mol. The number of benzene rings is 1. The molecule has 3 aromatic rings. The third kappa shape index (κ3) is 4.21. The second kappa shape index (κ2) is 8.02. The SMILES string of the molecule is Cc1ccc(-c2nnc(SCC(=O)NNC(=O)c3cccs3)n2N)cc1. The van der Waals surface area contributed by atoms with Gasteiger partial charge in [-0.1, -0.05) is 47.7 Å². The van der Waals surface area contributed by atoms with E-state index in [1.165, 1.54) is 16.0 Å². The van der Waals surface area contributed by atoms with E-state index < -0.39 is 0 Å². The van der Waals surface area contributed by atoms with Gasteiger partial charge in [-0.2, -0.15) is 0 Å². The summed E-state index contributed by atoms with van der Waals surface area (Å²) in [5.74, 6) is 5.83. The Morgan fingerprint density at radius 1 is 1.19 bits per heavy atom. The number of aryl methyl sites for hydroxylation is 1. The summed E-state index contributed by atoms with van der Waals surface area (Å²) in [6.45, 7) is 1.99. The van der Waals surface area contributed by atoms with Crippen LogP contribution in [0, 0.1) is 6.92 Å². The van der Waals surface area contributed by atoms with Crippen LogP contribution in [-0.4, -0.2) is 32.4 Å². The van der Waals surface area contributed by atoms with E-state index in [2.05, 4.69) is 21.0 Å². The molecule has 2 aromatic heterocycles. The number of thiophene rings is 1. The van der Waals surface area contributed by atoms with E-state index in [1.807, 2.05) is 31.2 Å². The van der Waals surface area contributed by atoms with Gasteiger partial charge < -0.3 is 5.84 Å². The fraction of sp³-hybridized carbons (Fsp3) is 0.125. The van der Waals surface area contributed by atoms with Crippen LogP contribution >= 0.6 is 23.1 Å². The van der Waals surface area contributed by atoms with Crippen molar-refractivity contribution in [2.24, 2.45) is 0 Å². The molecule has 0 unspecified atom stereocenters. The highest BCUT2D eigenvalue weighted by atomic mass is 32.2. The number of nitrogen functional groups attached to an aromatic ring is 1. The molecule has 2 amide bonds. The standard InChI is InChI=1S/C16H16N6O2S2/c1-10-4-6-11(7-5-10)14-19-21-16(22(14)17)26-9-13(23)18-20-15(24)12-3-2-8-25-12/h2-8H,9,17H2,1H3,(H,18,23)(H,20,24). The van der Waals surface area contributed by atoms with Crippen LogP contribution in [0.25, 0.3) is 11.4 Å². The van der Waals surface area contributed by atoms with E-state index in [1.54, 1.807) is 17.5 Å². The lowest BCUT2D eigenvalue weighted by atomic mass is 10.1. The maximum absolute atomic E-state index is 11.9. The van der Waals surface area contributed by atoms with E-state index in [0.29, 0.717) is 15.9 Å². The molecule has 0 saturated carbocycles. The third-order valence-electron chi connectivity index (χ3n) is 3.37. The number of hydrogen-bond donors (Lipinski definition) is 3. The van der Waals surface area contributed by atoms with Gasteiger partial charge in [0.15, 0.2) is 5.82 Å². The first-order valence-electron chi connectivity index (χ1n) is 7.57. The minimum absolute atomic E-state index is 0.0357. The fourth-order valence-corrected chi connectivity index (χ4v) is 3.31. The van der Waals surface area contributed by atoms with Gasteiger partial charge in [-0.05, 0) is 18.4 Å². The highest BCUT2D eigenvalue weighted by molar-refractivity contribution is 7.99. The van der Waals surface area contributed by atoms with Gasteiger partial charge in [0.1, 0.15) is 0 Å². The van der Waals surface area contributed by atoms with Crippen LogP contribution in [-0.2, 0) is 4.79 Å². The highest BCUT2D eigenvalue weighted by Crippen LogP contribution is 2.21. The third-order valence-corrected chi connectivity index (χ3v) is 5.18. The quantitative estimate of drug-likeness (QED) is 0.347. The molecule has 0 saturated heterocycles. The molecule has 2 heterocycles. The molecule has 134 valence electrons. The molecular formula is C16H16N6O2S2. The first kappa shape index (κ1) is 18.0. The number of thioether (sulfide) groups is 1. The van der Waals surface area contributed by atoms with Crippen LogP contribution in [0.5, 0.6) is 0 Å². The summed E-state index contributed by atoms with van der Waals surface area (Å²) in [5.41, 5.74) is 6.68. The average molecular weight is 388 g/mol. The van der Waals surface area contributed by atoms with Crippen molar-refractivity contribution in [3.63, 3.8) is 0 Å². The first-order chi connectivity index (χ1) is 12.5. The van der Waals surface area contributed by atoms with E-state index >= 15 is 0 Å². The predicted octanol–water partition coefficient (Wildman–Crippen LogP) is 1.58. The van der Waals surface area contributed by atoms with Crippen molar-refractivity contribution in [2.45, 2.75) is 12.1 Å². The molecule has 0 spiro atoms. The Kier molecular flexibility index (Phi) is 5.54. The number of carbonyl (C=O) groups excluding carboxylic acids is 2. The number of nitrogens with zero attached hydrogens (tertiary/aromatic N) is 3. The maximum atomic E-state index is 11.9. The average Bonchev–Trinajstić information content (AvgIpc) is 3.29. The summed E-state index contributed by atoms with van der Waals surface area (Å²) in [4.78, 5) is 24.1. The van der Waals surface area contributed by atoms with Gasteiger partial charge in [0.05, 0.1) is 10.6 Å². The van der Waals surface area contributed by atoms with Crippen LogP contribution in [0.4, 0.5) is 0 Å². The molecule has 1 aromatic carbocycles. The lowest BCUT2D eigenvalue weighted by Crippen LogP contribution is -2.42. The Morgan fingerprint density at radius 2 is 1.96 bits per heavy atom. The van der Waals surface area contributed by atoms with Crippen molar-refractivity contribution in [2.75, 3.05) is 11.6 Å². The van der Waals surface area contributed by atoms with E-state index in [4.69, 9.17) is 5.84 Å². The molecule has 0 aliphatic heterocycles. The Balaban J connectivity index is 1.54. The number of nitrogens with two attached hydrogens (primary N) is 1. The van der Waals surface area contributed by atoms with Crippen LogP contribution in [0.2, 0.25) is 0 Å². The topological polar surface area (TPSA) is 115 Å². The number of nitrogens with one attached hydrogen (secondary N) is 2. The fourth-order valence-electron chi connectivity index (χ4n) is 2.04. The summed E-state index contributed by atoms with van der Waals surface area (Å²) >= 11 is 2.42. The number of hydrogen-bond acceptors (Lipinski definition) is 7.